The maximum Gasteiger partial charge on any atom is 0.306 e. The molecule has 6 heteroatoms. The number of carbonyl (C=O) groups excluding carboxylic acids is 2. The van der Waals surface area contributed by atoms with Crippen LogP contribution in [0.4, 0.5) is 0 Å². The molecule has 0 rings (SSSR count). The lowest BCUT2D eigenvalue weighted by molar-refractivity contribution is -0.161. The van der Waals surface area contributed by atoms with Gasteiger partial charge in [-0.15, -0.1) is 0 Å². The molecule has 0 spiro atoms. The number of ether oxygens (including phenoxy) is 2. The number of hydrogen-bond acceptors (Lipinski definition) is 6. The summed E-state index contributed by atoms with van der Waals surface area (Å²) in [5.74, 6) is 0.0914. The van der Waals surface area contributed by atoms with Gasteiger partial charge in [-0.2, -0.15) is 0 Å². The van der Waals surface area contributed by atoms with E-state index in [2.05, 4.69) is 51.2 Å². The smallest absolute Gasteiger partial charge is 0.306 e. The van der Waals surface area contributed by atoms with Crippen molar-refractivity contribution in [3.05, 3.63) is 72.9 Å². The van der Waals surface area contributed by atoms with Crippen LogP contribution in [-0.2, 0) is 19.1 Å². The van der Waals surface area contributed by atoms with E-state index in [1.54, 1.807) is 6.08 Å². The van der Waals surface area contributed by atoms with Gasteiger partial charge >= 0.3 is 11.9 Å². The van der Waals surface area contributed by atoms with E-state index >= 15 is 0 Å². The topological polar surface area (TPSA) is 93.1 Å². The van der Waals surface area contributed by atoms with Crippen LogP contribution in [0.2, 0.25) is 0 Å². The van der Waals surface area contributed by atoms with Crippen molar-refractivity contribution in [3.8, 4) is 0 Å². The molecule has 6 nitrogen and oxygen atoms in total. The first-order valence-electron chi connectivity index (χ1n) is 17.0. The summed E-state index contributed by atoms with van der Waals surface area (Å²) in [6.07, 6.45) is 37.3. The van der Waals surface area contributed by atoms with Gasteiger partial charge < -0.3 is 19.7 Å². The maximum absolute atomic E-state index is 12.1. The van der Waals surface area contributed by atoms with Crippen molar-refractivity contribution in [3.63, 3.8) is 0 Å². The molecular weight excluding hydrogens is 552 g/mol. The predicted octanol–water partition coefficient (Wildman–Crippen LogP) is 9.05. The second-order valence-electron chi connectivity index (χ2n) is 11.3. The SMILES string of the molecule is CC/C=C\CC(O)/C=C/C=C/C/C=C\C/C=C\C/C=C\CCC(=O)O[C@@H](CO)COC(=O)CCCCCCCCC(C)CC. The molecule has 0 amide bonds. The lowest BCUT2D eigenvalue weighted by Gasteiger charge is -2.15. The van der Waals surface area contributed by atoms with Crippen molar-refractivity contribution < 1.29 is 29.3 Å². The van der Waals surface area contributed by atoms with E-state index in [1.165, 1.54) is 32.1 Å². The largest absolute Gasteiger partial charge is 0.462 e. The summed E-state index contributed by atoms with van der Waals surface area (Å²) >= 11 is 0. The van der Waals surface area contributed by atoms with Gasteiger partial charge in [-0.1, -0.05) is 139 Å². The molecule has 0 aliphatic rings. The molecule has 2 N–H and O–H groups in total. The predicted molar refractivity (Wildman–Crippen MR) is 183 cm³/mol. The first kappa shape index (κ1) is 41.3. The van der Waals surface area contributed by atoms with Gasteiger partial charge in [0.1, 0.15) is 6.61 Å². The Morgan fingerprint density at radius 1 is 0.727 bits per heavy atom. The summed E-state index contributed by atoms with van der Waals surface area (Å²) < 4.78 is 10.5. The van der Waals surface area contributed by atoms with Crippen molar-refractivity contribution in [1.29, 1.82) is 0 Å². The average Bonchev–Trinajstić information content (AvgIpc) is 3.02. The highest BCUT2D eigenvalue weighted by atomic mass is 16.6. The minimum Gasteiger partial charge on any atom is -0.462 e. The van der Waals surface area contributed by atoms with Gasteiger partial charge in [-0.3, -0.25) is 9.59 Å². The van der Waals surface area contributed by atoms with Crippen molar-refractivity contribution in [1.82, 2.24) is 0 Å². The fourth-order valence-electron chi connectivity index (χ4n) is 4.17. The number of unbranched alkanes of at least 4 members (excludes halogenated alkanes) is 5. The van der Waals surface area contributed by atoms with E-state index < -0.39 is 18.2 Å². The van der Waals surface area contributed by atoms with Crippen LogP contribution in [0.5, 0.6) is 0 Å². The van der Waals surface area contributed by atoms with Crippen LogP contribution in [0.1, 0.15) is 124 Å². The van der Waals surface area contributed by atoms with E-state index in [-0.39, 0.29) is 25.6 Å². The first-order chi connectivity index (χ1) is 21.4. The van der Waals surface area contributed by atoms with Crippen LogP contribution in [0.3, 0.4) is 0 Å². The molecule has 0 saturated heterocycles. The van der Waals surface area contributed by atoms with Gasteiger partial charge in [0.2, 0.25) is 0 Å². The third kappa shape index (κ3) is 29.4. The second-order valence-corrected chi connectivity index (χ2v) is 11.3. The van der Waals surface area contributed by atoms with Gasteiger partial charge in [0.25, 0.3) is 0 Å². The summed E-state index contributed by atoms with van der Waals surface area (Å²) in [6.45, 7) is 6.13. The Hall–Kier alpha value is -2.70. The van der Waals surface area contributed by atoms with Crippen LogP contribution < -0.4 is 0 Å². The normalized spacial score (nSPS) is 14.6. The molecule has 0 aromatic rings. The molecule has 0 radical (unpaired) electrons. The van der Waals surface area contributed by atoms with Gasteiger partial charge in [0.15, 0.2) is 6.10 Å². The van der Waals surface area contributed by atoms with Gasteiger partial charge in [-0.25, -0.2) is 0 Å². The number of hydrogen-bond donors (Lipinski definition) is 2. The van der Waals surface area contributed by atoms with Crippen LogP contribution in [0.25, 0.3) is 0 Å². The first-order valence-corrected chi connectivity index (χ1v) is 17.0. The second kappa shape index (κ2) is 31.7. The van der Waals surface area contributed by atoms with Crippen molar-refractivity contribution in [2.45, 2.75) is 136 Å². The molecule has 2 unspecified atom stereocenters. The Morgan fingerprint density at radius 2 is 1.36 bits per heavy atom. The van der Waals surface area contributed by atoms with Crippen LogP contribution >= 0.6 is 0 Å². The molecule has 0 aromatic heterocycles. The summed E-state index contributed by atoms with van der Waals surface area (Å²) in [5, 5.41) is 19.3. The summed E-state index contributed by atoms with van der Waals surface area (Å²) in [6, 6.07) is 0. The Kier molecular flexibility index (Phi) is 29.8. The van der Waals surface area contributed by atoms with E-state index in [0.29, 0.717) is 19.3 Å². The van der Waals surface area contributed by atoms with Crippen molar-refractivity contribution >= 4 is 11.9 Å². The number of rotatable bonds is 28. The quantitative estimate of drug-likeness (QED) is 0.0395. The summed E-state index contributed by atoms with van der Waals surface area (Å²) in [7, 11) is 0. The monoisotopic (exact) mass is 614 g/mol. The Bertz CT molecular complexity index is 867. The maximum atomic E-state index is 12.1. The average molecular weight is 615 g/mol. The summed E-state index contributed by atoms with van der Waals surface area (Å²) in [5.41, 5.74) is 0. The zero-order valence-corrected chi connectivity index (χ0v) is 27.9. The third-order valence-electron chi connectivity index (χ3n) is 7.15. The highest BCUT2D eigenvalue weighted by Crippen LogP contribution is 2.14. The number of allylic oxidation sites excluding steroid dienone is 10. The van der Waals surface area contributed by atoms with E-state index in [0.717, 1.165) is 50.9 Å². The highest BCUT2D eigenvalue weighted by Gasteiger charge is 2.15. The molecular formula is C38H62O6. The Balaban J connectivity index is 3.85. The third-order valence-corrected chi connectivity index (χ3v) is 7.15. The molecule has 0 bridgehead atoms. The molecule has 0 fully saturated rings. The molecule has 0 heterocycles. The minimum absolute atomic E-state index is 0.111. The van der Waals surface area contributed by atoms with E-state index in [1.807, 2.05) is 36.5 Å². The number of carbonyl (C=O) groups is 2. The zero-order valence-electron chi connectivity index (χ0n) is 27.9. The molecule has 0 aliphatic heterocycles. The van der Waals surface area contributed by atoms with Crippen LogP contribution in [0.15, 0.2) is 72.9 Å². The van der Waals surface area contributed by atoms with Crippen molar-refractivity contribution in [2.24, 2.45) is 5.92 Å². The number of aliphatic hydroxyl groups is 2. The molecule has 44 heavy (non-hydrogen) atoms. The Morgan fingerprint density at radius 3 is 2.02 bits per heavy atom. The minimum atomic E-state index is -0.824. The van der Waals surface area contributed by atoms with E-state index in [9.17, 15) is 19.8 Å². The van der Waals surface area contributed by atoms with E-state index in [4.69, 9.17) is 9.47 Å². The standard InChI is InChI=1S/C38H62O6/c1-4-6-22-28-35(40)29-24-19-14-12-10-8-7-9-11-13-15-21-26-31-38(42)44-36(32-39)33-43-37(41)30-25-20-17-16-18-23-27-34(3)5-2/h6,8-11,14-15,19,21-22,24,29,34-36,39-40H,4-5,7,12-13,16-18,20,23,25-28,30-33H2,1-3H3/b10-8-,11-9-,19-14+,21-15-,22-6-,29-24+/t34?,35?,36-/m0/s1. The lowest BCUT2D eigenvalue weighted by atomic mass is 10.00. The lowest BCUT2D eigenvalue weighted by Crippen LogP contribution is -2.28. The Labute approximate surface area is 268 Å². The zero-order chi connectivity index (χ0) is 32.5. The fraction of sp³-hybridized carbons (Fsp3) is 0.632. The van der Waals surface area contributed by atoms with Gasteiger partial charge in [0, 0.05) is 12.8 Å². The van der Waals surface area contributed by atoms with Crippen molar-refractivity contribution in [2.75, 3.05) is 13.2 Å². The fourth-order valence-corrected chi connectivity index (χ4v) is 4.17. The van der Waals surface area contributed by atoms with Gasteiger partial charge in [0.05, 0.1) is 12.7 Å². The molecule has 0 aliphatic carbocycles. The summed E-state index contributed by atoms with van der Waals surface area (Å²) in [4.78, 5) is 24.1. The number of esters is 2. The van der Waals surface area contributed by atoms with Crippen LogP contribution in [0, 0.1) is 5.92 Å². The van der Waals surface area contributed by atoms with Crippen LogP contribution in [-0.4, -0.2) is 47.6 Å². The molecule has 3 atom stereocenters. The molecule has 0 aromatic carbocycles. The van der Waals surface area contributed by atoms with Gasteiger partial charge in [-0.05, 0) is 50.9 Å². The highest BCUT2D eigenvalue weighted by molar-refractivity contribution is 5.70. The molecule has 250 valence electrons. The molecule has 0 saturated carbocycles. The number of aliphatic hydroxyl groups excluding tert-OH is 2.